The molecule has 0 aromatic heterocycles. The Bertz CT molecular complexity index is 1590. The maximum absolute atomic E-state index is 14.1. The van der Waals surface area contributed by atoms with Crippen LogP contribution in [0.2, 0.25) is 0 Å². The first kappa shape index (κ1) is 29.1. The van der Waals surface area contributed by atoms with Crippen LogP contribution in [0.1, 0.15) is 37.9 Å². The number of carbonyl (C=O) groups excluding carboxylic acids is 3. The van der Waals surface area contributed by atoms with Crippen LogP contribution in [-0.4, -0.2) is 55.2 Å². The second kappa shape index (κ2) is 12.6. The minimum atomic E-state index is -0.762. The summed E-state index contributed by atoms with van der Waals surface area (Å²) < 4.78 is 21.6. The summed E-state index contributed by atoms with van der Waals surface area (Å²) in [6.07, 6.45) is 1.90. The predicted molar refractivity (Wildman–Crippen MR) is 160 cm³/mol. The van der Waals surface area contributed by atoms with Gasteiger partial charge in [-0.1, -0.05) is 60.3 Å². The number of allylic oxidation sites excluding steroid dienone is 1. The van der Waals surface area contributed by atoms with Crippen LogP contribution in [-0.2, 0) is 23.9 Å². The zero-order valence-corrected chi connectivity index (χ0v) is 24.7. The van der Waals surface area contributed by atoms with Crippen molar-refractivity contribution in [1.82, 2.24) is 10.2 Å². The molecule has 0 saturated carbocycles. The third kappa shape index (κ3) is 5.67. The number of rotatable bonds is 9. The number of carbonyl (C=O) groups is 3. The van der Waals surface area contributed by atoms with Crippen LogP contribution in [0.15, 0.2) is 76.8 Å². The summed E-state index contributed by atoms with van der Waals surface area (Å²) >= 11 is 1.40. The van der Waals surface area contributed by atoms with E-state index in [-0.39, 0.29) is 25.7 Å². The fourth-order valence-corrected chi connectivity index (χ4v) is 6.36. The van der Waals surface area contributed by atoms with Gasteiger partial charge in [0, 0.05) is 5.70 Å². The number of fused-ring (bicyclic) bond motifs is 2. The van der Waals surface area contributed by atoms with Crippen molar-refractivity contribution >= 4 is 46.5 Å². The average Bonchev–Trinajstić information content (AvgIpc) is 3.29. The number of methoxy groups -OCH3 is 1. The molecule has 42 heavy (non-hydrogen) atoms. The van der Waals surface area contributed by atoms with Gasteiger partial charge < -0.3 is 24.3 Å². The van der Waals surface area contributed by atoms with E-state index in [4.69, 9.17) is 18.9 Å². The predicted octanol–water partition coefficient (Wildman–Crippen LogP) is 5.17. The minimum absolute atomic E-state index is 0.185. The third-order valence-corrected chi connectivity index (χ3v) is 8.11. The highest BCUT2D eigenvalue weighted by molar-refractivity contribution is 8.05. The van der Waals surface area contributed by atoms with Crippen molar-refractivity contribution in [2.24, 2.45) is 0 Å². The highest BCUT2D eigenvalue weighted by Crippen LogP contribution is 2.47. The van der Waals surface area contributed by atoms with Crippen molar-refractivity contribution in [1.29, 1.82) is 0 Å². The molecule has 1 N–H and O–H groups in total. The van der Waals surface area contributed by atoms with Gasteiger partial charge in [-0.15, -0.1) is 0 Å². The first-order chi connectivity index (χ1) is 20.4. The molecule has 2 aliphatic rings. The highest BCUT2D eigenvalue weighted by Gasteiger charge is 2.48. The Hall–Kier alpha value is -4.44. The van der Waals surface area contributed by atoms with Crippen molar-refractivity contribution in [3.63, 3.8) is 0 Å². The van der Waals surface area contributed by atoms with Gasteiger partial charge in [0.2, 0.25) is 0 Å². The molecule has 2 aliphatic heterocycles. The average molecular weight is 589 g/mol. The number of thioether (sulfide) groups is 1. The second-order valence-electron chi connectivity index (χ2n) is 9.57. The van der Waals surface area contributed by atoms with Crippen LogP contribution >= 0.6 is 11.8 Å². The number of nitrogens with zero attached hydrogens (tertiary/aromatic N) is 1. The number of amides is 1. The Kier molecular flexibility index (Phi) is 8.72. The van der Waals surface area contributed by atoms with E-state index in [1.807, 2.05) is 55.5 Å². The number of esters is 2. The Morgan fingerprint density at radius 3 is 2.52 bits per heavy atom. The molecule has 2 atom stereocenters. The van der Waals surface area contributed by atoms with Crippen LogP contribution in [0.4, 0.5) is 0 Å². The summed E-state index contributed by atoms with van der Waals surface area (Å²) in [6, 6.07) is 18.4. The van der Waals surface area contributed by atoms with E-state index in [1.54, 1.807) is 36.9 Å². The normalized spacial score (nSPS) is 19.0. The number of hydrogen-bond donors (Lipinski definition) is 1. The molecular weight excluding hydrogens is 556 g/mol. The van der Waals surface area contributed by atoms with Crippen molar-refractivity contribution in [2.75, 3.05) is 26.9 Å². The van der Waals surface area contributed by atoms with Gasteiger partial charge in [0.15, 0.2) is 23.6 Å². The lowest BCUT2D eigenvalue weighted by Crippen LogP contribution is -2.50. The minimum Gasteiger partial charge on any atom is -0.493 e. The molecule has 10 heteroatoms. The number of ether oxygens (including phenoxy) is 4. The molecule has 3 aromatic rings. The van der Waals surface area contributed by atoms with Crippen molar-refractivity contribution < 1.29 is 33.3 Å². The molecule has 1 fully saturated rings. The number of hydrogen-bond acceptors (Lipinski definition) is 9. The standard InChI is InChI=1S/C32H32N2O7S/c1-5-39-27(35)18-41-24-15-14-22(16-25(24)38-4)29-28(31(37)40-6-2)19(3)33-32-34(29)30(36)26(42-32)17-21-12-9-11-20-10-7-8-13-23(20)21/h7-17,29,32-33H,5-6,18H2,1-4H3/b26-17+/t29-,32+/m0/s1. The van der Waals surface area contributed by atoms with Gasteiger partial charge >= 0.3 is 11.9 Å². The van der Waals surface area contributed by atoms with Gasteiger partial charge in [-0.05, 0) is 60.9 Å². The van der Waals surface area contributed by atoms with Crippen LogP contribution < -0.4 is 14.8 Å². The molecular formula is C32H32N2O7S. The van der Waals surface area contributed by atoms with E-state index in [2.05, 4.69) is 5.32 Å². The Balaban J connectivity index is 1.54. The van der Waals surface area contributed by atoms with Gasteiger partial charge in [-0.2, -0.15) is 0 Å². The molecule has 1 amide bonds. The van der Waals surface area contributed by atoms with E-state index in [0.29, 0.717) is 33.2 Å². The van der Waals surface area contributed by atoms with Gasteiger partial charge in [0.05, 0.1) is 36.8 Å². The van der Waals surface area contributed by atoms with E-state index in [0.717, 1.165) is 16.3 Å². The largest absolute Gasteiger partial charge is 0.493 e. The number of benzene rings is 3. The van der Waals surface area contributed by atoms with Crippen LogP contribution in [0.5, 0.6) is 11.5 Å². The summed E-state index contributed by atoms with van der Waals surface area (Å²) in [4.78, 5) is 41.4. The van der Waals surface area contributed by atoms with Crippen LogP contribution in [0.25, 0.3) is 16.8 Å². The maximum atomic E-state index is 14.1. The number of nitrogens with one attached hydrogen (secondary N) is 1. The zero-order valence-electron chi connectivity index (χ0n) is 23.8. The fraction of sp³-hybridized carbons (Fsp3) is 0.281. The Morgan fingerprint density at radius 2 is 1.76 bits per heavy atom. The van der Waals surface area contributed by atoms with E-state index in [1.165, 1.54) is 18.9 Å². The Morgan fingerprint density at radius 1 is 1.00 bits per heavy atom. The molecule has 9 nitrogen and oxygen atoms in total. The van der Waals surface area contributed by atoms with Gasteiger partial charge in [0.25, 0.3) is 5.91 Å². The van der Waals surface area contributed by atoms with Gasteiger partial charge in [0.1, 0.15) is 0 Å². The van der Waals surface area contributed by atoms with Crippen molar-refractivity contribution in [3.8, 4) is 11.5 Å². The molecule has 0 bridgehead atoms. The molecule has 3 aromatic carbocycles. The zero-order chi connectivity index (χ0) is 29.8. The molecule has 0 radical (unpaired) electrons. The molecule has 1 saturated heterocycles. The summed E-state index contributed by atoms with van der Waals surface area (Å²) in [5.41, 5.74) is 2.06. The smallest absolute Gasteiger partial charge is 0.344 e. The Labute approximate surface area is 248 Å². The van der Waals surface area contributed by atoms with Crippen molar-refractivity contribution in [2.45, 2.75) is 32.3 Å². The first-order valence-electron chi connectivity index (χ1n) is 13.7. The summed E-state index contributed by atoms with van der Waals surface area (Å²) in [5.74, 6) is -0.559. The van der Waals surface area contributed by atoms with Crippen LogP contribution in [0.3, 0.4) is 0 Å². The van der Waals surface area contributed by atoms with E-state index >= 15 is 0 Å². The summed E-state index contributed by atoms with van der Waals surface area (Å²) in [6.45, 7) is 5.41. The monoisotopic (exact) mass is 588 g/mol. The lowest BCUT2D eigenvalue weighted by atomic mass is 9.93. The fourth-order valence-electron chi connectivity index (χ4n) is 5.15. The molecule has 2 heterocycles. The molecule has 0 unspecified atom stereocenters. The molecule has 218 valence electrons. The lowest BCUT2D eigenvalue weighted by molar-refractivity contribution is -0.145. The summed E-state index contributed by atoms with van der Waals surface area (Å²) in [5, 5.41) is 5.45. The first-order valence-corrected chi connectivity index (χ1v) is 14.5. The SMILES string of the molecule is CCOC(=O)COc1ccc([C@H]2C(C(=O)OCC)=C(C)N[C@H]3S/C(=C/c4cccc5ccccc45)C(=O)N23)cc1OC. The lowest BCUT2D eigenvalue weighted by Gasteiger charge is -2.39. The quantitative estimate of drug-likeness (QED) is 0.268. The second-order valence-corrected chi connectivity index (χ2v) is 10.7. The van der Waals surface area contributed by atoms with Crippen LogP contribution in [0, 0.1) is 0 Å². The topological polar surface area (TPSA) is 103 Å². The molecule has 5 rings (SSSR count). The summed E-state index contributed by atoms with van der Waals surface area (Å²) in [7, 11) is 1.48. The highest BCUT2D eigenvalue weighted by atomic mass is 32.2. The maximum Gasteiger partial charge on any atom is 0.344 e. The van der Waals surface area contributed by atoms with Gasteiger partial charge in [-0.25, -0.2) is 9.59 Å². The molecule has 0 aliphatic carbocycles. The van der Waals surface area contributed by atoms with E-state index in [9.17, 15) is 14.4 Å². The van der Waals surface area contributed by atoms with Gasteiger partial charge in [-0.3, -0.25) is 9.69 Å². The van der Waals surface area contributed by atoms with E-state index < -0.39 is 23.5 Å². The molecule has 0 spiro atoms. The third-order valence-electron chi connectivity index (χ3n) is 6.99. The van der Waals surface area contributed by atoms with Crippen molar-refractivity contribution in [3.05, 3.63) is 88.0 Å².